The number of halogens is 2. The predicted octanol–water partition coefficient (Wildman–Crippen LogP) is 4.31. The highest BCUT2D eigenvalue weighted by Gasteiger charge is 2.41. The van der Waals surface area contributed by atoms with E-state index >= 15 is 0 Å². The number of aromatic nitrogens is 1. The van der Waals surface area contributed by atoms with Crippen LogP contribution in [0.3, 0.4) is 0 Å². The lowest BCUT2D eigenvalue weighted by atomic mass is 9.85. The van der Waals surface area contributed by atoms with Gasteiger partial charge in [-0.2, -0.15) is 4.21 Å². The lowest BCUT2D eigenvalue weighted by molar-refractivity contribution is -0.127. The number of anilines is 1. The number of fused-ring (bicyclic) bond motifs is 1. The smallest absolute Gasteiger partial charge is 0.325 e. The standard InChI is InChI=1S/C21H23Cl2N3O4S/c1-3-21(20(27)24-13-12-22,15-7-9-16(23)10-8-15)26-14-11-17-18(5-4-6-19(17)26)25(2)30-31(28)29/h4-11,14H,3,12-13H2,1-2H3,(H,24,27)(H,28,29). The summed E-state index contributed by atoms with van der Waals surface area (Å²) in [5.74, 6) is 0.102. The molecule has 1 amide bonds. The minimum Gasteiger partial charge on any atom is -0.353 e. The van der Waals surface area contributed by atoms with Gasteiger partial charge in [-0.05, 0) is 42.3 Å². The monoisotopic (exact) mass is 483 g/mol. The van der Waals surface area contributed by atoms with Gasteiger partial charge in [-0.3, -0.25) is 9.35 Å². The molecule has 0 bridgehead atoms. The number of amides is 1. The third-order valence-electron chi connectivity index (χ3n) is 5.23. The van der Waals surface area contributed by atoms with E-state index in [1.165, 1.54) is 5.06 Å². The number of nitrogens with zero attached hydrogens (tertiary/aromatic N) is 2. The Morgan fingerprint density at radius 3 is 2.58 bits per heavy atom. The molecule has 31 heavy (non-hydrogen) atoms. The fraction of sp³-hybridized carbons (Fsp3) is 0.286. The maximum Gasteiger partial charge on any atom is 0.325 e. The van der Waals surface area contributed by atoms with Crippen LogP contribution in [0.1, 0.15) is 18.9 Å². The lowest BCUT2D eigenvalue weighted by Gasteiger charge is -2.35. The Balaban J connectivity index is 2.23. The molecule has 0 fully saturated rings. The van der Waals surface area contributed by atoms with Gasteiger partial charge in [0.05, 0.1) is 11.2 Å². The molecule has 3 rings (SSSR count). The Bertz CT molecular complexity index is 1090. The van der Waals surface area contributed by atoms with E-state index in [0.717, 1.165) is 16.5 Å². The third kappa shape index (κ3) is 4.58. The Morgan fingerprint density at radius 2 is 1.97 bits per heavy atom. The highest BCUT2D eigenvalue weighted by Crippen LogP contribution is 2.37. The molecule has 0 radical (unpaired) electrons. The van der Waals surface area contributed by atoms with Crippen LogP contribution in [-0.2, 0) is 26.0 Å². The molecule has 0 spiro atoms. The molecule has 2 unspecified atom stereocenters. The number of hydrogen-bond acceptors (Lipinski definition) is 4. The summed E-state index contributed by atoms with van der Waals surface area (Å²) in [5.41, 5.74) is 1.06. The van der Waals surface area contributed by atoms with Crippen LogP contribution in [0.2, 0.25) is 5.02 Å². The van der Waals surface area contributed by atoms with Gasteiger partial charge in [0.25, 0.3) is 5.91 Å². The van der Waals surface area contributed by atoms with Crippen molar-refractivity contribution in [3.63, 3.8) is 0 Å². The van der Waals surface area contributed by atoms with Gasteiger partial charge in [0.2, 0.25) is 0 Å². The second-order valence-electron chi connectivity index (χ2n) is 6.85. The number of carbonyl (C=O) groups is 1. The van der Waals surface area contributed by atoms with Gasteiger partial charge < -0.3 is 9.88 Å². The summed E-state index contributed by atoms with van der Waals surface area (Å²) < 4.78 is 27.0. The second kappa shape index (κ2) is 10.0. The normalized spacial score (nSPS) is 14.2. The van der Waals surface area contributed by atoms with Crippen molar-refractivity contribution in [1.29, 1.82) is 0 Å². The molecular formula is C21H23Cl2N3O4S. The van der Waals surface area contributed by atoms with E-state index in [2.05, 4.69) is 5.32 Å². The largest absolute Gasteiger partial charge is 0.353 e. The molecule has 3 aromatic rings. The van der Waals surface area contributed by atoms with E-state index in [4.69, 9.17) is 32.0 Å². The van der Waals surface area contributed by atoms with Crippen molar-refractivity contribution in [2.75, 3.05) is 24.5 Å². The molecule has 166 valence electrons. The van der Waals surface area contributed by atoms with Crippen LogP contribution in [0.4, 0.5) is 5.69 Å². The van der Waals surface area contributed by atoms with Crippen molar-refractivity contribution in [3.05, 3.63) is 65.3 Å². The van der Waals surface area contributed by atoms with E-state index in [1.807, 2.05) is 42.0 Å². The van der Waals surface area contributed by atoms with Crippen LogP contribution in [0, 0.1) is 0 Å². The van der Waals surface area contributed by atoms with Crippen LogP contribution in [-0.4, -0.2) is 38.7 Å². The number of rotatable bonds is 9. The van der Waals surface area contributed by atoms with Gasteiger partial charge in [-0.25, -0.2) is 5.06 Å². The van der Waals surface area contributed by atoms with Gasteiger partial charge >= 0.3 is 11.4 Å². The fourth-order valence-corrected chi connectivity index (χ4v) is 4.33. The summed E-state index contributed by atoms with van der Waals surface area (Å²) in [7, 11) is 1.54. The van der Waals surface area contributed by atoms with Crippen molar-refractivity contribution < 1.29 is 17.8 Å². The molecule has 7 nitrogen and oxygen atoms in total. The van der Waals surface area contributed by atoms with Crippen LogP contribution >= 0.6 is 23.2 Å². The molecule has 1 aromatic heterocycles. The van der Waals surface area contributed by atoms with Gasteiger partial charge in [0, 0.05) is 36.1 Å². The number of alkyl halides is 1. The Labute approximate surface area is 193 Å². The summed E-state index contributed by atoms with van der Waals surface area (Å²) in [6.07, 6.45) is 2.29. The molecule has 0 aliphatic heterocycles. The molecule has 0 saturated heterocycles. The van der Waals surface area contributed by atoms with Crippen LogP contribution in [0.25, 0.3) is 10.9 Å². The second-order valence-corrected chi connectivity index (χ2v) is 8.25. The van der Waals surface area contributed by atoms with E-state index in [-0.39, 0.29) is 5.91 Å². The number of hydrogen-bond donors (Lipinski definition) is 2. The zero-order chi connectivity index (χ0) is 22.6. The Kier molecular flexibility index (Phi) is 7.61. The Morgan fingerprint density at radius 1 is 1.26 bits per heavy atom. The van der Waals surface area contributed by atoms with E-state index in [1.54, 1.807) is 31.3 Å². The zero-order valence-corrected chi connectivity index (χ0v) is 19.4. The van der Waals surface area contributed by atoms with Crippen LogP contribution in [0.15, 0.2) is 54.7 Å². The summed E-state index contributed by atoms with van der Waals surface area (Å²) in [5, 5.41) is 5.48. The Hall–Kier alpha value is -2.10. The third-order valence-corrected chi connectivity index (χ3v) is 6.02. The highest BCUT2D eigenvalue weighted by atomic mass is 35.5. The highest BCUT2D eigenvalue weighted by molar-refractivity contribution is 7.74. The van der Waals surface area contributed by atoms with Gasteiger partial charge in [-0.1, -0.05) is 36.7 Å². The van der Waals surface area contributed by atoms with E-state index in [9.17, 15) is 9.00 Å². The molecule has 0 aliphatic carbocycles. The molecule has 10 heteroatoms. The molecule has 2 aromatic carbocycles. The van der Waals surface area contributed by atoms with E-state index < -0.39 is 16.9 Å². The quantitative estimate of drug-likeness (QED) is 0.269. The number of carbonyl (C=O) groups excluding carboxylic acids is 1. The number of hydroxylamine groups is 1. The fourth-order valence-electron chi connectivity index (χ4n) is 3.84. The van der Waals surface area contributed by atoms with Crippen molar-refractivity contribution in [2.45, 2.75) is 18.9 Å². The minimum atomic E-state index is -2.46. The molecule has 1 heterocycles. The zero-order valence-electron chi connectivity index (χ0n) is 17.0. The molecule has 2 atom stereocenters. The van der Waals surface area contributed by atoms with Crippen molar-refractivity contribution >= 4 is 57.1 Å². The summed E-state index contributed by atoms with van der Waals surface area (Å²) in [4.78, 5) is 13.5. The van der Waals surface area contributed by atoms with Crippen LogP contribution in [0.5, 0.6) is 0 Å². The van der Waals surface area contributed by atoms with Crippen molar-refractivity contribution in [3.8, 4) is 0 Å². The first-order valence-electron chi connectivity index (χ1n) is 9.59. The first-order valence-corrected chi connectivity index (χ1v) is 11.5. The predicted molar refractivity (Wildman–Crippen MR) is 125 cm³/mol. The summed E-state index contributed by atoms with van der Waals surface area (Å²) in [6.45, 7) is 2.27. The van der Waals surface area contributed by atoms with Crippen molar-refractivity contribution in [1.82, 2.24) is 9.88 Å². The molecule has 0 aliphatic rings. The first-order chi connectivity index (χ1) is 14.8. The number of benzene rings is 2. The molecule has 2 N–H and O–H groups in total. The summed E-state index contributed by atoms with van der Waals surface area (Å²) in [6, 6.07) is 14.5. The van der Waals surface area contributed by atoms with E-state index in [0.29, 0.717) is 29.6 Å². The van der Waals surface area contributed by atoms with Gasteiger partial charge in [-0.15, -0.1) is 15.9 Å². The molecule has 0 saturated carbocycles. The topological polar surface area (TPSA) is 83.8 Å². The van der Waals surface area contributed by atoms with Gasteiger partial charge in [0.15, 0.2) is 0 Å². The van der Waals surface area contributed by atoms with Crippen LogP contribution < -0.4 is 10.4 Å². The average Bonchev–Trinajstić information content (AvgIpc) is 3.18. The minimum absolute atomic E-state index is 0.193. The average molecular weight is 484 g/mol. The van der Waals surface area contributed by atoms with Gasteiger partial charge in [0.1, 0.15) is 5.54 Å². The maximum absolute atomic E-state index is 13.5. The SMILES string of the molecule is CCC(C(=O)NCCCl)(c1ccc(Cl)cc1)n1ccc2c(N(C)OS(=O)O)cccc21. The maximum atomic E-state index is 13.5. The first kappa shape index (κ1) is 23.6. The number of nitrogens with one attached hydrogen (secondary N) is 1. The molecular weight excluding hydrogens is 461 g/mol. The lowest BCUT2D eigenvalue weighted by Crippen LogP contribution is -2.49. The summed E-state index contributed by atoms with van der Waals surface area (Å²) >= 11 is 9.45. The van der Waals surface area contributed by atoms with Crippen molar-refractivity contribution in [2.24, 2.45) is 0 Å².